The van der Waals surface area contributed by atoms with Crippen molar-refractivity contribution < 1.29 is 60.9 Å². The van der Waals surface area contributed by atoms with Gasteiger partial charge in [-0.05, 0) is 28.6 Å². The SMILES string of the molecule is O=C(COc1ccc(Cl)cc1)NNC(=S)[S-].[K+]. The first kappa shape index (κ1) is 17.5. The number of amides is 1. The van der Waals surface area contributed by atoms with Crippen LogP contribution in [0.25, 0.3) is 0 Å². The number of carbonyl (C=O) groups excluding carboxylic acids is 1. The average Bonchev–Trinajstić information content (AvgIpc) is 2.25. The number of ether oxygens (including phenoxy) is 1. The van der Waals surface area contributed by atoms with Crippen LogP contribution in [0.3, 0.4) is 0 Å². The summed E-state index contributed by atoms with van der Waals surface area (Å²) in [5.74, 6) is 0.183. The van der Waals surface area contributed by atoms with Crippen LogP contribution < -0.4 is 67.0 Å². The molecule has 0 aliphatic heterocycles. The van der Waals surface area contributed by atoms with Crippen molar-refractivity contribution in [3.05, 3.63) is 29.3 Å². The summed E-state index contributed by atoms with van der Waals surface area (Å²) in [5.41, 5.74) is 4.61. The fourth-order valence-corrected chi connectivity index (χ4v) is 1.06. The zero-order valence-electron chi connectivity index (χ0n) is 9.03. The minimum absolute atomic E-state index is 0. The van der Waals surface area contributed by atoms with E-state index in [1.165, 1.54) is 0 Å². The summed E-state index contributed by atoms with van der Waals surface area (Å²) < 4.78 is 5.24. The van der Waals surface area contributed by atoms with E-state index in [0.29, 0.717) is 10.8 Å². The molecular weight excluding hydrogens is 307 g/mol. The van der Waals surface area contributed by atoms with E-state index >= 15 is 0 Å². The molecule has 1 rings (SSSR count). The molecule has 0 fully saturated rings. The van der Waals surface area contributed by atoms with Gasteiger partial charge in [-0.2, -0.15) is 0 Å². The molecule has 8 heteroatoms. The van der Waals surface area contributed by atoms with Gasteiger partial charge in [-0.1, -0.05) is 11.6 Å². The molecule has 0 bridgehead atoms. The van der Waals surface area contributed by atoms with Crippen LogP contribution in [0.2, 0.25) is 5.02 Å². The van der Waals surface area contributed by atoms with Crippen LogP contribution in [0, 0.1) is 0 Å². The maximum Gasteiger partial charge on any atom is 1.00 e. The van der Waals surface area contributed by atoms with Crippen LogP contribution >= 0.6 is 23.8 Å². The molecule has 0 atom stereocenters. The van der Waals surface area contributed by atoms with Gasteiger partial charge in [0, 0.05) is 5.02 Å². The van der Waals surface area contributed by atoms with Gasteiger partial charge in [-0.3, -0.25) is 10.2 Å². The molecule has 0 spiro atoms. The summed E-state index contributed by atoms with van der Waals surface area (Å²) in [7, 11) is 0. The Hall–Kier alpha value is 0.526. The standard InChI is InChI=1S/C9H9ClN2O2S2.K/c10-6-1-3-7(4-2-6)14-5-8(13)11-12-9(15)16;/h1-4H,5H2,(H,11,13)(H2,12,15,16);/q;+1/p-1. The molecule has 0 saturated heterocycles. The summed E-state index contributed by atoms with van der Waals surface area (Å²) in [5, 5.41) is 0.606. The van der Waals surface area contributed by atoms with Crippen LogP contribution in [-0.4, -0.2) is 16.8 Å². The van der Waals surface area contributed by atoms with Gasteiger partial charge in [0.1, 0.15) is 5.75 Å². The maximum atomic E-state index is 11.2. The molecule has 0 radical (unpaired) electrons. The third kappa shape index (κ3) is 8.28. The molecule has 86 valence electrons. The second-order valence-electron chi connectivity index (χ2n) is 2.70. The number of carbonyl (C=O) groups is 1. The first-order chi connectivity index (χ1) is 7.58. The van der Waals surface area contributed by atoms with Crippen molar-refractivity contribution in [3.8, 4) is 5.75 Å². The monoisotopic (exact) mass is 314 g/mol. The van der Waals surface area contributed by atoms with Gasteiger partial charge in [0.25, 0.3) is 5.91 Å². The third-order valence-electron chi connectivity index (χ3n) is 1.49. The van der Waals surface area contributed by atoms with Gasteiger partial charge in [-0.25, -0.2) is 0 Å². The Morgan fingerprint density at radius 3 is 2.47 bits per heavy atom. The molecule has 0 saturated carbocycles. The fraction of sp³-hybridized carbons (Fsp3) is 0.111. The number of halogens is 1. The molecule has 4 nitrogen and oxygen atoms in total. The van der Waals surface area contributed by atoms with Gasteiger partial charge in [0.2, 0.25) is 0 Å². The molecule has 17 heavy (non-hydrogen) atoms. The smallest absolute Gasteiger partial charge is 0.484 e. The van der Waals surface area contributed by atoms with Crippen LogP contribution in [-0.2, 0) is 17.4 Å². The number of hydrogen-bond donors (Lipinski definition) is 2. The molecule has 1 aromatic carbocycles. The van der Waals surface area contributed by atoms with E-state index in [4.69, 9.17) is 16.3 Å². The topological polar surface area (TPSA) is 50.4 Å². The normalized spacial score (nSPS) is 8.76. The van der Waals surface area contributed by atoms with E-state index in [2.05, 4.69) is 35.7 Å². The van der Waals surface area contributed by atoms with E-state index in [1.54, 1.807) is 24.3 Å². The Balaban J connectivity index is 0.00000256. The van der Waals surface area contributed by atoms with Gasteiger partial charge in [-0.15, -0.1) is 0 Å². The van der Waals surface area contributed by atoms with E-state index in [0.717, 1.165) is 0 Å². The minimum Gasteiger partial charge on any atom is -0.484 e. The Morgan fingerprint density at radius 1 is 1.35 bits per heavy atom. The summed E-state index contributed by atoms with van der Waals surface area (Å²) in [6.45, 7) is -0.132. The van der Waals surface area contributed by atoms with Crippen molar-refractivity contribution in [1.82, 2.24) is 10.9 Å². The van der Waals surface area contributed by atoms with Crippen molar-refractivity contribution in [3.63, 3.8) is 0 Å². The Labute approximate surface area is 158 Å². The first-order valence-corrected chi connectivity index (χ1v) is 5.41. The van der Waals surface area contributed by atoms with Crippen molar-refractivity contribution >= 4 is 46.7 Å². The van der Waals surface area contributed by atoms with E-state index in [-0.39, 0.29) is 68.2 Å². The minimum atomic E-state index is -0.373. The van der Waals surface area contributed by atoms with Crippen molar-refractivity contribution in [2.75, 3.05) is 6.61 Å². The number of hydrogen-bond acceptors (Lipinski definition) is 4. The maximum absolute atomic E-state index is 11.2. The largest absolute Gasteiger partial charge is 1.00 e. The summed E-state index contributed by atoms with van der Waals surface area (Å²) in [4.78, 5) is 11.2. The predicted octanol–water partition coefficient (Wildman–Crippen LogP) is -1.82. The molecule has 0 heterocycles. The average molecular weight is 315 g/mol. The second-order valence-corrected chi connectivity index (χ2v) is 4.21. The van der Waals surface area contributed by atoms with Crippen molar-refractivity contribution in [2.24, 2.45) is 0 Å². The number of hydrazine groups is 1. The van der Waals surface area contributed by atoms with Gasteiger partial charge >= 0.3 is 51.4 Å². The molecule has 0 unspecified atom stereocenters. The number of thiocarbonyl (C=S) groups is 1. The Morgan fingerprint density at radius 2 is 1.94 bits per heavy atom. The fourth-order valence-electron chi connectivity index (χ4n) is 0.837. The zero-order valence-corrected chi connectivity index (χ0v) is 14.5. The summed E-state index contributed by atoms with van der Waals surface area (Å²) >= 11 is 14.8. The van der Waals surface area contributed by atoms with E-state index < -0.39 is 0 Å². The summed E-state index contributed by atoms with van der Waals surface area (Å²) in [6, 6.07) is 6.68. The molecule has 0 aliphatic carbocycles. The Bertz CT molecular complexity index is 389. The molecule has 2 N–H and O–H groups in total. The number of nitrogens with one attached hydrogen (secondary N) is 2. The molecule has 0 aliphatic rings. The van der Waals surface area contributed by atoms with Crippen LogP contribution in [0.5, 0.6) is 5.75 Å². The number of rotatable bonds is 3. The molecular formula is C9H8ClKN2O2S2. The molecule has 1 amide bonds. The van der Waals surface area contributed by atoms with Crippen molar-refractivity contribution in [1.29, 1.82) is 0 Å². The quantitative estimate of drug-likeness (QED) is 0.298. The first-order valence-electron chi connectivity index (χ1n) is 4.22. The Kier molecular flexibility index (Phi) is 9.75. The summed E-state index contributed by atoms with van der Waals surface area (Å²) in [6.07, 6.45) is 0. The molecule has 1 aromatic rings. The number of benzene rings is 1. The van der Waals surface area contributed by atoms with Gasteiger partial charge in [0.05, 0.1) is 0 Å². The van der Waals surface area contributed by atoms with Crippen LogP contribution in [0.4, 0.5) is 0 Å². The van der Waals surface area contributed by atoms with Crippen molar-refractivity contribution in [2.45, 2.75) is 0 Å². The van der Waals surface area contributed by atoms with Crippen LogP contribution in [0.1, 0.15) is 0 Å². The van der Waals surface area contributed by atoms with Gasteiger partial charge < -0.3 is 35.0 Å². The predicted molar refractivity (Wildman–Crippen MR) is 68.2 cm³/mol. The second kappa shape index (κ2) is 9.46. The van der Waals surface area contributed by atoms with E-state index in [9.17, 15) is 4.79 Å². The van der Waals surface area contributed by atoms with E-state index in [1.807, 2.05) is 0 Å². The third-order valence-corrected chi connectivity index (χ3v) is 1.94. The van der Waals surface area contributed by atoms with Gasteiger partial charge in [0.15, 0.2) is 6.61 Å². The molecule has 0 aromatic heterocycles. The van der Waals surface area contributed by atoms with Crippen LogP contribution in [0.15, 0.2) is 24.3 Å². The zero-order chi connectivity index (χ0) is 12.0.